The van der Waals surface area contributed by atoms with Crippen molar-refractivity contribution in [3.63, 3.8) is 0 Å². The molecule has 1 atom stereocenters. The molecule has 0 saturated carbocycles. The summed E-state index contributed by atoms with van der Waals surface area (Å²) >= 11 is 9.65. The van der Waals surface area contributed by atoms with Crippen LogP contribution in [-0.4, -0.2) is 27.1 Å². The Morgan fingerprint density at radius 1 is 1.31 bits per heavy atom. The van der Waals surface area contributed by atoms with Gasteiger partial charge in [-0.2, -0.15) is 0 Å². The Kier molecular flexibility index (Phi) is 6.18. The fourth-order valence-electron chi connectivity index (χ4n) is 2.88. The van der Waals surface area contributed by atoms with Gasteiger partial charge in [0, 0.05) is 29.7 Å². The van der Waals surface area contributed by atoms with Crippen LogP contribution in [0.3, 0.4) is 0 Å². The highest BCUT2D eigenvalue weighted by Gasteiger charge is 2.36. The highest BCUT2D eigenvalue weighted by Crippen LogP contribution is 2.36. The molecule has 6 nitrogen and oxygen atoms in total. The van der Waals surface area contributed by atoms with Crippen LogP contribution in [0.4, 0.5) is 14.5 Å². The molecule has 2 aromatic rings. The molecule has 3 heterocycles. The van der Waals surface area contributed by atoms with Gasteiger partial charge in [0.25, 0.3) is 0 Å². The van der Waals surface area contributed by atoms with Gasteiger partial charge in [-0.15, -0.1) is 0 Å². The monoisotopic (exact) mass is 485 g/mol. The Morgan fingerprint density at radius 2 is 2.03 bits per heavy atom. The van der Waals surface area contributed by atoms with Crippen LogP contribution in [0.15, 0.2) is 51.7 Å². The Hall–Kier alpha value is -2.52. The standard InChI is InChI=1S/C19H15BrClF2N3O3/c1-9-6-25-16(20)5-14(9)26-10(2)3-15(17(21)18(26)19(27)28)29-8-13-12(23)4-11(22)7-24-13/h3-7,18H,8H2,1-2H3,(H,27,28). The maximum Gasteiger partial charge on any atom is 0.332 e. The van der Waals surface area contributed by atoms with Gasteiger partial charge in [0.1, 0.15) is 28.5 Å². The zero-order chi connectivity index (χ0) is 21.3. The highest BCUT2D eigenvalue weighted by atomic mass is 79.9. The number of pyridine rings is 2. The van der Waals surface area contributed by atoms with Crippen LogP contribution >= 0.6 is 27.5 Å². The lowest BCUT2D eigenvalue weighted by molar-refractivity contribution is -0.137. The zero-order valence-electron chi connectivity index (χ0n) is 15.3. The van der Waals surface area contributed by atoms with Crippen molar-refractivity contribution in [3.8, 4) is 0 Å². The summed E-state index contributed by atoms with van der Waals surface area (Å²) in [5.41, 5.74) is 1.78. The molecule has 0 radical (unpaired) electrons. The fourth-order valence-corrected chi connectivity index (χ4v) is 3.50. The molecule has 0 fully saturated rings. The molecule has 0 aromatic carbocycles. The van der Waals surface area contributed by atoms with Gasteiger partial charge in [0.05, 0.1) is 11.2 Å². The van der Waals surface area contributed by atoms with Gasteiger partial charge in [-0.3, -0.25) is 4.98 Å². The molecule has 3 rings (SSSR count). The number of carboxylic acids is 1. The summed E-state index contributed by atoms with van der Waals surface area (Å²) in [5.74, 6) is -2.80. The van der Waals surface area contributed by atoms with E-state index in [1.54, 1.807) is 37.1 Å². The van der Waals surface area contributed by atoms with E-state index in [0.717, 1.165) is 11.8 Å². The predicted molar refractivity (Wildman–Crippen MR) is 106 cm³/mol. The summed E-state index contributed by atoms with van der Waals surface area (Å²) in [4.78, 5) is 21.3. The van der Waals surface area contributed by atoms with E-state index in [1.165, 1.54) is 0 Å². The van der Waals surface area contributed by atoms with Gasteiger partial charge in [-0.25, -0.2) is 18.6 Å². The summed E-state index contributed by atoms with van der Waals surface area (Å²) < 4.78 is 32.9. The molecule has 0 aliphatic carbocycles. The van der Waals surface area contributed by atoms with Crippen LogP contribution in [-0.2, 0) is 16.1 Å². The summed E-state index contributed by atoms with van der Waals surface area (Å²) in [5, 5.41) is 9.73. The number of nitrogens with zero attached hydrogens (tertiary/aromatic N) is 3. The fraction of sp³-hybridized carbons (Fsp3) is 0.211. The van der Waals surface area contributed by atoms with E-state index in [4.69, 9.17) is 16.3 Å². The van der Waals surface area contributed by atoms with Crippen molar-refractivity contribution in [1.82, 2.24) is 9.97 Å². The Labute approximate surface area is 178 Å². The number of hydrogen-bond acceptors (Lipinski definition) is 5. The first-order chi connectivity index (χ1) is 13.7. The predicted octanol–water partition coefficient (Wildman–Crippen LogP) is 4.67. The molecule has 0 saturated heterocycles. The van der Waals surface area contributed by atoms with E-state index in [9.17, 15) is 18.7 Å². The molecule has 152 valence electrons. The van der Waals surface area contributed by atoms with Crippen molar-refractivity contribution in [2.75, 3.05) is 4.90 Å². The SMILES string of the molecule is CC1=CC(OCc2ncc(F)cc2F)=C(Cl)C(C(=O)O)N1c1cc(Br)ncc1C. The van der Waals surface area contributed by atoms with Crippen LogP contribution in [0.2, 0.25) is 0 Å². The number of anilines is 1. The normalized spacial score (nSPS) is 16.7. The number of aromatic nitrogens is 2. The summed E-state index contributed by atoms with van der Waals surface area (Å²) in [6.07, 6.45) is 4.03. The molecule has 0 spiro atoms. The molecule has 0 bridgehead atoms. The second kappa shape index (κ2) is 8.46. The van der Waals surface area contributed by atoms with Crippen molar-refractivity contribution in [3.05, 3.63) is 74.6 Å². The van der Waals surface area contributed by atoms with E-state index < -0.39 is 23.6 Å². The van der Waals surface area contributed by atoms with Crippen LogP contribution < -0.4 is 4.90 Å². The maximum atomic E-state index is 13.8. The van der Waals surface area contributed by atoms with E-state index in [2.05, 4.69) is 25.9 Å². The summed E-state index contributed by atoms with van der Waals surface area (Å²) in [7, 11) is 0. The topological polar surface area (TPSA) is 75.6 Å². The van der Waals surface area contributed by atoms with Crippen molar-refractivity contribution in [1.29, 1.82) is 0 Å². The number of rotatable bonds is 5. The molecule has 0 amide bonds. The molecular formula is C19H15BrClF2N3O3. The number of carbonyl (C=O) groups is 1. The van der Waals surface area contributed by atoms with Crippen LogP contribution in [0.1, 0.15) is 18.2 Å². The third-order valence-electron chi connectivity index (χ3n) is 4.24. The van der Waals surface area contributed by atoms with Gasteiger partial charge in [-0.05, 0) is 41.4 Å². The molecule has 1 aliphatic heterocycles. The molecule has 29 heavy (non-hydrogen) atoms. The minimum absolute atomic E-state index is 0.0733. The van der Waals surface area contributed by atoms with Gasteiger partial charge in [-0.1, -0.05) is 11.6 Å². The number of aliphatic carboxylic acids is 1. The number of ether oxygens (including phenoxy) is 1. The van der Waals surface area contributed by atoms with Crippen molar-refractivity contribution in [2.24, 2.45) is 0 Å². The third-order valence-corrected chi connectivity index (χ3v) is 5.06. The molecule has 10 heteroatoms. The van der Waals surface area contributed by atoms with Gasteiger partial charge < -0.3 is 14.7 Å². The van der Waals surface area contributed by atoms with Crippen molar-refractivity contribution >= 4 is 39.2 Å². The Balaban J connectivity index is 1.95. The lowest BCUT2D eigenvalue weighted by Gasteiger charge is -2.36. The van der Waals surface area contributed by atoms with Gasteiger partial charge in [0.15, 0.2) is 11.9 Å². The minimum atomic E-state index is -1.25. The first-order valence-corrected chi connectivity index (χ1v) is 9.51. The van der Waals surface area contributed by atoms with Gasteiger partial charge >= 0.3 is 5.97 Å². The number of aryl methyl sites for hydroxylation is 1. The van der Waals surface area contributed by atoms with E-state index in [-0.39, 0.29) is 23.1 Å². The smallest absolute Gasteiger partial charge is 0.332 e. The van der Waals surface area contributed by atoms with Gasteiger partial charge in [0.2, 0.25) is 0 Å². The third kappa shape index (κ3) is 4.40. The molecule has 1 N–H and O–H groups in total. The lowest BCUT2D eigenvalue weighted by atomic mass is 10.1. The Morgan fingerprint density at radius 3 is 2.69 bits per heavy atom. The number of hydrogen-bond donors (Lipinski definition) is 1. The summed E-state index contributed by atoms with van der Waals surface area (Å²) in [6, 6.07) is 1.13. The number of halogens is 4. The second-order valence-corrected chi connectivity index (χ2v) is 7.49. The average molecular weight is 487 g/mol. The minimum Gasteiger partial charge on any atom is -0.486 e. The zero-order valence-corrected chi connectivity index (χ0v) is 17.6. The van der Waals surface area contributed by atoms with Crippen LogP contribution in [0.25, 0.3) is 0 Å². The lowest BCUT2D eigenvalue weighted by Crippen LogP contribution is -2.43. The summed E-state index contributed by atoms with van der Waals surface area (Å²) in [6.45, 7) is 3.16. The second-order valence-electron chi connectivity index (χ2n) is 6.27. The van der Waals surface area contributed by atoms with E-state index in [1.807, 2.05) is 0 Å². The average Bonchev–Trinajstić information content (AvgIpc) is 2.64. The van der Waals surface area contributed by atoms with E-state index >= 15 is 0 Å². The number of allylic oxidation sites excluding steroid dienone is 2. The molecular weight excluding hydrogens is 472 g/mol. The molecule has 2 aromatic heterocycles. The Bertz CT molecular complexity index is 1050. The molecule has 1 unspecified atom stereocenters. The van der Waals surface area contributed by atoms with Crippen LogP contribution in [0.5, 0.6) is 0 Å². The van der Waals surface area contributed by atoms with Crippen LogP contribution in [0, 0.1) is 18.6 Å². The van der Waals surface area contributed by atoms with Crippen molar-refractivity contribution < 1.29 is 23.4 Å². The van der Waals surface area contributed by atoms with E-state index in [0.29, 0.717) is 22.1 Å². The quantitative estimate of drug-likeness (QED) is 0.619. The maximum absolute atomic E-state index is 13.8. The first-order valence-electron chi connectivity index (χ1n) is 8.34. The largest absolute Gasteiger partial charge is 0.486 e. The number of carboxylic acid groups (broad SMARTS) is 1. The molecule has 1 aliphatic rings. The van der Waals surface area contributed by atoms with Crippen molar-refractivity contribution in [2.45, 2.75) is 26.5 Å². The highest BCUT2D eigenvalue weighted by molar-refractivity contribution is 9.10. The first kappa shape index (κ1) is 21.2.